The van der Waals surface area contributed by atoms with Crippen LogP contribution in [0.25, 0.3) is 22.2 Å². The number of fused-ring (bicyclic) bond motifs is 3. The van der Waals surface area contributed by atoms with E-state index in [1.165, 1.54) is 28.9 Å². The van der Waals surface area contributed by atoms with Gasteiger partial charge in [-0.1, -0.05) is 22.0 Å². The Labute approximate surface area is 179 Å². The summed E-state index contributed by atoms with van der Waals surface area (Å²) in [5.41, 5.74) is 2.54. The van der Waals surface area contributed by atoms with Crippen LogP contribution < -0.4 is 20.1 Å². The monoisotopic (exact) mass is 445 g/mol. The molecule has 0 spiro atoms. The number of para-hydroxylation sites is 2. The van der Waals surface area contributed by atoms with E-state index in [0.717, 1.165) is 37.2 Å². The number of aromatic nitrogens is 4. The standard InChI is InChI=1S/C21H19F3N6O2/c22-21(23,24)32-15-7-5-14(6-8-15)29-20(31)19-17(13-28-11-9-25-10-12-28)26-16-3-1-2-4-18(16)30(19)27-29/h1-8,25H,9-13H2/p+1. The zero-order chi connectivity index (χ0) is 22.3. The fourth-order valence-corrected chi connectivity index (χ4v) is 3.93. The number of nitrogens with zero attached hydrogens (tertiary/aromatic N) is 4. The van der Waals surface area contributed by atoms with Crippen molar-refractivity contribution in [1.82, 2.24) is 25.1 Å². The molecule has 1 fully saturated rings. The molecule has 2 N–H and O–H groups in total. The SMILES string of the molecule is O=c1c2c(CN3CCNCC3)nc3ccccc3[n+]2[nH]n1-c1ccc(OC(F)(F)F)cc1. The van der Waals surface area contributed by atoms with E-state index < -0.39 is 6.36 Å². The number of hydrogen-bond donors (Lipinski definition) is 2. The molecule has 2 aromatic heterocycles. The first-order valence-electron chi connectivity index (χ1n) is 10.1. The lowest BCUT2D eigenvalue weighted by Crippen LogP contribution is -2.43. The van der Waals surface area contributed by atoms with Gasteiger partial charge in [-0.05, 0) is 36.4 Å². The predicted octanol–water partition coefficient (Wildman–Crippen LogP) is 1.76. The first-order chi connectivity index (χ1) is 15.4. The second-order valence-corrected chi connectivity index (χ2v) is 7.54. The molecule has 0 atom stereocenters. The van der Waals surface area contributed by atoms with E-state index in [4.69, 9.17) is 4.98 Å². The molecule has 0 aliphatic carbocycles. The molecule has 2 aromatic carbocycles. The van der Waals surface area contributed by atoms with E-state index in [0.29, 0.717) is 23.4 Å². The first kappa shape index (κ1) is 20.5. The molecule has 32 heavy (non-hydrogen) atoms. The Morgan fingerprint density at radius 1 is 1.06 bits per heavy atom. The second-order valence-electron chi connectivity index (χ2n) is 7.54. The Bertz CT molecular complexity index is 1320. The van der Waals surface area contributed by atoms with Crippen LogP contribution in [0.2, 0.25) is 0 Å². The molecule has 11 heteroatoms. The number of nitrogens with one attached hydrogen (secondary N) is 2. The highest BCUT2D eigenvalue weighted by Gasteiger charge is 2.31. The molecule has 5 rings (SSSR count). The summed E-state index contributed by atoms with van der Waals surface area (Å²) in [5, 5.41) is 6.36. The fraction of sp³-hybridized carbons (Fsp3) is 0.286. The summed E-state index contributed by atoms with van der Waals surface area (Å²) >= 11 is 0. The maximum Gasteiger partial charge on any atom is 0.573 e. The van der Waals surface area contributed by atoms with Crippen molar-refractivity contribution in [2.24, 2.45) is 0 Å². The highest BCUT2D eigenvalue weighted by molar-refractivity contribution is 5.72. The minimum Gasteiger partial charge on any atom is -0.406 e. The Hall–Kier alpha value is -3.44. The lowest BCUT2D eigenvalue weighted by molar-refractivity contribution is -0.556. The van der Waals surface area contributed by atoms with Crippen LogP contribution in [0.5, 0.6) is 5.75 Å². The van der Waals surface area contributed by atoms with Crippen molar-refractivity contribution in [1.29, 1.82) is 0 Å². The third kappa shape index (κ3) is 3.92. The number of piperazine rings is 1. The zero-order valence-corrected chi connectivity index (χ0v) is 16.9. The van der Waals surface area contributed by atoms with Gasteiger partial charge in [-0.2, -0.15) is 0 Å². The van der Waals surface area contributed by atoms with Crippen LogP contribution in [0.4, 0.5) is 13.2 Å². The van der Waals surface area contributed by atoms with E-state index in [1.807, 2.05) is 24.3 Å². The van der Waals surface area contributed by atoms with Crippen LogP contribution in [0, 0.1) is 0 Å². The van der Waals surface area contributed by atoms with Crippen LogP contribution in [-0.4, -0.2) is 52.3 Å². The summed E-state index contributed by atoms with van der Waals surface area (Å²) in [6.07, 6.45) is -4.78. The molecule has 1 saturated heterocycles. The van der Waals surface area contributed by atoms with Gasteiger partial charge < -0.3 is 10.1 Å². The van der Waals surface area contributed by atoms with Crippen LogP contribution in [0.15, 0.2) is 53.3 Å². The lowest BCUT2D eigenvalue weighted by Gasteiger charge is -2.26. The lowest BCUT2D eigenvalue weighted by atomic mass is 10.2. The maximum absolute atomic E-state index is 13.4. The normalized spacial score (nSPS) is 15.5. The van der Waals surface area contributed by atoms with Gasteiger partial charge in [0, 0.05) is 32.7 Å². The van der Waals surface area contributed by atoms with Crippen LogP contribution >= 0.6 is 0 Å². The summed E-state index contributed by atoms with van der Waals surface area (Å²) in [7, 11) is 0. The van der Waals surface area contributed by atoms with Crippen LogP contribution in [0.3, 0.4) is 0 Å². The maximum atomic E-state index is 13.4. The van der Waals surface area contributed by atoms with Gasteiger partial charge in [0.2, 0.25) is 0 Å². The number of benzene rings is 2. The van der Waals surface area contributed by atoms with Crippen molar-refractivity contribution < 1.29 is 22.4 Å². The van der Waals surface area contributed by atoms with Gasteiger partial charge >= 0.3 is 11.9 Å². The highest BCUT2D eigenvalue weighted by atomic mass is 19.4. The molecule has 0 amide bonds. The van der Waals surface area contributed by atoms with Crippen molar-refractivity contribution in [3.8, 4) is 11.4 Å². The fourth-order valence-electron chi connectivity index (χ4n) is 3.93. The summed E-state index contributed by atoms with van der Waals surface area (Å²) in [5.74, 6) is -0.357. The zero-order valence-electron chi connectivity index (χ0n) is 16.9. The number of hydrogen-bond acceptors (Lipinski definition) is 5. The minimum absolute atomic E-state index is 0.335. The number of alkyl halides is 3. The smallest absolute Gasteiger partial charge is 0.406 e. The second kappa shape index (κ2) is 7.92. The van der Waals surface area contributed by atoms with Gasteiger partial charge in [-0.3, -0.25) is 4.90 Å². The molecular formula is C21H20F3N6O2+. The number of halogens is 3. The molecule has 166 valence electrons. The van der Waals surface area contributed by atoms with Crippen molar-refractivity contribution in [2.45, 2.75) is 12.9 Å². The van der Waals surface area contributed by atoms with Crippen LogP contribution in [0.1, 0.15) is 5.69 Å². The number of aromatic amines is 1. The van der Waals surface area contributed by atoms with E-state index in [1.54, 1.807) is 4.52 Å². The average molecular weight is 445 g/mol. The number of rotatable bonds is 4. The van der Waals surface area contributed by atoms with Gasteiger partial charge in [0.25, 0.3) is 5.52 Å². The van der Waals surface area contributed by atoms with Crippen molar-refractivity contribution in [2.75, 3.05) is 26.2 Å². The van der Waals surface area contributed by atoms with Gasteiger partial charge in [-0.25, -0.2) is 9.78 Å². The van der Waals surface area contributed by atoms with Crippen molar-refractivity contribution >= 4 is 16.6 Å². The third-order valence-electron chi connectivity index (χ3n) is 5.39. The van der Waals surface area contributed by atoms with Crippen molar-refractivity contribution in [3.63, 3.8) is 0 Å². The van der Waals surface area contributed by atoms with Gasteiger partial charge in [-0.15, -0.1) is 17.7 Å². The molecule has 0 radical (unpaired) electrons. The molecule has 8 nitrogen and oxygen atoms in total. The Morgan fingerprint density at radius 2 is 1.78 bits per heavy atom. The molecule has 4 aromatic rings. The van der Waals surface area contributed by atoms with Gasteiger partial charge in [0.15, 0.2) is 11.2 Å². The third-order valence-corrected chi connectivity index (χ3v) is 5.39. The molecule has 1 aliphatic heterocycles. The van der Waals surface area contributed by atoms with Crippen molar-refractivity contribution in [3.05, 3.63) is 64.6 Å². The molecule has 0 saturated carbocycles. The van der Waals surface area contributed by atoms with Gasteiger partial charge in [0.05, 0.1) is 0 Å². The molecule has 0 unspecified atom stereocenters. The van der Waals surface area contributed by atoms with E-state index in [2.05, 4.69) is 20.2 Å². The first-order valence-corrected chi connectivity index (χ1v) is 10.1. The Balaban J connectivity index is 1.62. The summed E-state index contributed by atoms with van der Waals surface area (Å²) < 4.78 is 44.3. The summed E-state index contributed by atoms with van der Waals surface area (Å²) in [4.78, 5) is 20.4. The van der Waals surface area contributed by atoms with E-state index in [-0.39, 0.29) is 11.3 Å². The Morgan fingerprint density at radius 3 is 2.50 bits per heavy atom. The number of H-pyrrole nitrogens is 1. The number of ether oxygens (including phenoxy) is 1. The minimum atomic E-state index is -4.78. The van der Waals surface area contributed by atoms with Gasteiger partial charge in [0.1, 0.15) is 17.0 Å². The largest absolute Gasteiger partial charge is 0.573 e. The van der Waals surface area contributed by atoms with E-state index >= 15 is 0 Å². The van der Waals surface area contributed by atoms with Crippen LogP contribution in [-0.2, 0) is 6.54 Å². The molecular weight excluding hydrogens is 425 g/mol. The average Bonchev–Trinajstić information content (AvgIpc) is 3.12. The van der Waals surface area contributed by atoms with E-state index in [9.17, 15) is 18.0 Å². The Kier molecular flexibility index (Phi) is 5.06. The summed E-state index contributed by atoms with van der Waals surface area (Å²) in [6, 6.07) is 12.6. The summed E-state index contributed by atoms with van der Waals surface area (Å²) in [6.45, 7) is 3.95. The molecule has 0 bridgehead atoms. The highest BCUT2D eigenvalue weighted by Crippen LogP contribution is 2.23. The topological polar surface area (TPSA) is 79.3 Å². The molecule has 1 aliphatic rings. The predicted molar refractivity (Wildman–Crippen MR) is 110 cm³/mol. The quantitative estimate of drug-likeness (QED) is 0.468. The molecule has 3 heterocycles.